The van der Waals surface area contributed by atoms with Crippen molar-refractivity contribution in [2.24, 2.45) is 0 Å². The molecule has 0 aromatic heterocycles. The normalized spacial score (nSPS) is 10.0. The number of carbonyl (C=O) groups excluding carboxylic acids is 2. The first-order valence-electron chi connectivity index (χ1n) is 10.8. The van der Waals surface area contributed by atoms with E-state index in [0.29, 0.717) is 20.3 Å². The summed E-state index contributed by atoms with van der Waals surface area (Å²) in [6.07, 6.45) is 0. The van der Waals surface area contributed by atoms with Crippen LogP contribution in [0.25, 0.3) is 0 Å². The molecule has 4 aromatic rings. The fraction of sp³-hybridized carbons (Fsp3) is 0. The fourth-order valence-corrected chi connectivity index (χ4v) is 3.68. The smallest absolute Gasteiger partial charge is 0.323 e. The van der Waals surface area contributed by atoms with Crippen LogP contribution in [0, 0.1) is 11.6 Å². The molecule has 0 atom stereocenters. The van der Waals surface area contributed by atoms with Crippen molar-refractivity contribution in [3.05, 3.63) is 106 Å². The Morgan fingerprint density at radius 1 is 0.526 bits per heavy atom. The van der Waals surface area contributed by atoms with Crippen LogP contribution in [0.1, 0.15) is 0 Å². The molecule has 0 heterocycles. The minimum absolute atomic E-state index is 0.00422. The molecular weight excluding hydrogens is 630 g/mol. The predicted octanol–water partition coefficient (Wildman–Crippen LogP) is 7.88. The summed E-state index contributed by atoms with van der Waals surface area (Å²) in [7, 11) is 0. The summed E-state index contributed by atoms with van der Waals surface area (Å²) in [5, 5.41) is 28.8. The van der Waals surface area contributed by atoms with Crippen molar-refractivity contribution >= 4 is 66.7 Å². The highest BCUT2D eigenvalue weighted by Crippen LogP contribution is 2.28. The molecule has 0 fully saturated rings. The van der Waals surface area contributed by atoms with E-state index in [4.69, 9.17) is 0 Å². The van der Waals surface area contributed by atoms with Crippen molar-refractivity contribution in [3.63, 3.8) is 0 Å². The van der Waals surface area contributed by atoms with E-state index >= 15 is 0 Å². The summed E-state index contributed by atoms with van der Waals surface area (Å²) >= 11 is 6.57. The maximum atomic E-state index is 13.1. The van der Waals surface area contributed by atoms with E-state index in [9.17, 15) is 28.6 Å². The van der Waals surface area contributed by atoms with Crippen LogP contribution < -0.4 is 21.3 Å². The van der Waals surface area contributed by atoms with E-state index in [2.05, 4.69) is 53.1 Å². The second-order valence-corrected chi connectivity index (χ2v) is 9.10. The molecule has 6 N–H and O–H groups in total. The molecule has 0 aliphatic heterocycles. The summed E-state index contributed by atoms with van der Waals surface area (Å²) in [6, 6.07) is 20.7. The lowest BCUT2D eigenvalue weighted by Crippen LogP contribution is -2.19. The van der Waals surface area contributed by atoms with Gasteiger partial charge in [-0.15, -0.1) is 0 Å². The molecule has 0 spiro atoms. The molecule has 0 aliphatic rings. The Morgan fingerprint density at radius 2 is 0.842 bits per heavy atom. The molecule has 0 radical (unpaired) electrons. The lowest BCUT2D eigenvalue weighted by atomic mass is 10.3. The number of urea groups is 2. The minimum atomic E-state index is -0.793. The van der Waals surface area contributed by atoms with E-state index in [1.807, 2.05) is 12.1 Å². The molecule has 0 aliphatic carbocycles. The van der Waals surface area contributed by atoms with Gasteiger partial charge in [0.2, 0.25) is 0 Å². The van der Waals surface area contributed by atoms with Crippen LogP contribution in [0.3, 0.4) is 0 Å². The summed E-state index contributed by atoms with van der Waals surface area (Å²) in [5.74, 6) is -2.77. The standard InChI is InChI=1S/2C13H10BrFN2O2/c2*14-8-4-1-2-6-10(8)16-13(19)17-11-7-3-5-9(15)12(11)18/h2*1-7,18H,(H2,16,17,19). The van der Waals surface area contributed by atoms with Gasteiger partial charge in [0.1, 0.15) is 0 Å². The van der Waals surface area contributed by atoms with Gasteiger partial charge in [-0.3, -0.25) is 0 Å². The Bertz CT molecular complexity index is 1350. The van der Waals surface area contributed by atoms with Gasteiger partial charge in [-0.05, 0) is 80.4 Å². The number of aromatic hydroxyl groups is 2. The molecule has 0 bridgehead atoms. The molecule has 8 nitrogen and oxygen atoms in total. The first-order chi connectivity index (χ1) is 18.2. The summed E-state index contributed by atoms with van der Waals surface area (Å²) in [4.78, 5) is 23.4. The number of benzene rings is 4. The molecule has 0 saturated heterocycles. The number of hydrogen-bond donors (Lipinski definition) is 6. The highest BCUT2D eigenvalue weighted by atomic mass is 79.9. The van der Waals surface area contributed by atoms with Crippen molar-refractivity contribution in [2.45, 2.75) is 0 Å². The lowest BCUT2D eigenvalue weighted by Gasteiger charge is -2.10. The first kappa shape index (κ1) is 28.4. The van der Waals surface area contributed by atoms with Crippen LogP contribution in [0.2, 0.25) is 0 Å². The van der Waals surface area contributed by atoms with E-state index in [0.717, 1.165) is 12.1 Å². The van der Waals surface area contributed by atoms with Crippen LogP contribution in [-0.2, 0) is 0 Å². The largest absolute Gasteiger partial charge is 0.503 e. The number of para-hydroxylation sites is 4. The van der Waals surface area contributed by atoms with Gasteiger partial charge < -0.3 is 31.5 Å². The summed E-state index contributed by atoms with van der Waals surface area (Å²) < 4.78 is 27.6. The average molecular weight is 650 g/mol. The Kier molecular flexibility index (Phi) is 10.0. The second kappa shape index (κ2) is 13.4. The zero-order valence-corrected chi connectivity index (χ0v) is 22.5. The zero-order valence-electron chi connectivity index (χ0n) is 19.3. The number of carbonyl (C=O) groups is 2. The average Bonchev–Trinajstić information content (AvgIpc) is 2.88. The van der Waals surface area contributed by atoms with Crippen molar-refractivity contribution in [1.29, 1.82) is 0 Å². The van der Waals surface area contributed by atoms with Crippen LogP contribution in [0.4, 0.5) is 41.1 Å². The SMILES string of the molecule is O=C(Nc1ccccc1Br)Nc1cccc(F)c1O.O=C(Nc1ccccc1Br)Nc1cccc(F)c1O. The van der Waals surface area contributed by atoms with Crippen molar-refractivity contribution in [1.82, 2.24) is 0 Å². The number of anilines is 4. The third kappa shape index (κ3) is 7.92. The van der Waals surface area contributed by atoms with Gasteiger partial charge in [-0.2, -0.15) is 0 Å². The van der Waals surface area contributed by atoms with E-state index in [1.54, 1.807) is 36.4 Å². The number of hydrogen-bond acceptors (Lipinski definition) is 4. The number of rotatable bonds is 4. The number of amides is 4. The fourth-order valence-electron chi connectivity index (χ4n) is 2.91. The maximum absolute atomic E-state index is 13.1. The Labute approximate surface area is 233 Å². The molecule has 196 valence electrons. The molecule has 4 rings (SSSR count). The quantitative estimate of drug-likeness (QED) is 0.126. The minimum Gasteiger partial charge on any atom is -0.503 e. The van der Waals surface area contributed by atoms with Crippen LogP contribution in [0.5, 0.6) is 11.5 Å². The molecule has 4 aromatic carbocycles. The van der Waals surface area contributed by atoms with Gasteiger partial charge in [-0.25, -0.2) is 18.4 Å². The van der Waals surface area contributed by atoms with E-state index in [-0.39, 0.29) is 11.4 Å². The van der Waals surface area contributed by atoms with Gasteiger partial charge in [0.05, 0.1) is 22.7 Å². The van der Waals surface area contributed by atoms with Gasteiger partial charge >= 0.3 is 12.1 Å². The van der Waals surface area contributed by atoms with Crippen LogP contribution in [-0.4, -0.2) is 22.3 Å². The topological polar surface area (TPSA) is 123 Å². The predicted molar refractivity (Wildman–Crippen MR) is 150 cm³/mol. The third-order valence-electron chi connectivity index (χ3n) is 4.71. The van der Waals surface area contributed by atoms with Crippen LogP contribution in [0.15, 0.2) is 93.9 Å². The zero-order chi connectivity index (χ0) is 27.7. The highest BCUT2D eigenvalue weighted by molar-refractivity contribution is 9.11. The summed E-state index contributed by atoms with van der Waals surface area (Å²) in [5.41, 5.74) is 1.14. The monoisotopic (exact) mass is 648 g/mol. The highest BCUT2D eigenvalue weighted by Gasteiger charge is 2.12. The van der Waals surface area contributed by atoms with Gasteiger partial charge in [-0.1, -0.05) is 36.4 Å². The van der Waals surface area contributed by atoms with E-state index in [1.165, 1.54) is 24.3 Å². The number of phenols is 2. The van der Waals surface area contributed by atoms with E-state index < -0.39 is 35.2 Å². The molecular formula is C26H20Br2F2N4O4. The lowest BCUT2D eigenvalue weighted by molar-refractivity contribution is 0.261. The van der Waals surface area contributed by atoms with Gasteiger partial charge in [0.25, 0.3) is 0 Å². The number of nitrogens with one attached hydrogen (secondary N) is 4. The molecule has 0 unspecified atom stereocenters. The Morgan fingerprint density at radius 3 is 1.21 bits per heavy atom. The number of halogens is 4. The molecule has 4 amide bonds. The molecule has 0 saturated carbocycles. The van der Waals surface area contributed by atoms with Crippen LogP contribution >= 0.6 is 31.9 Å². The molecule has 12 heteroatoms. The van der Waals surface area contributed by atoms with Crippen molar-refractivity contribution in [2.75, 3.05) is 21.3 Å². The van der Waals surface area contributed by atoms with Crippen molar-refractivity contribution < 1.29 is 28.6 Å². The third-order valence-corrected chi connectivity index (χ3v) is 6.10. The number of phenolic OH excluding ortho intramolecular Hbond substituents is 2. The first-order valence-corrected chi connectivity index (χ1v) is 12.3. The van der Waals surface area contributed by atoms with Crippen molar-refractivity contribution in [3.8, 4) is 11.5 Å². The van der Waals surface area contributed by atoms with Gasteiger partial charge in [0, 0.05) is 8.95 Å². The Hall–Kier alpha value is -4.16. The van der Waals surface area contributed by atoms with Gasteiger partial charge in [0.15, 0.2) is 23.1 Å². The molecule has 38 heavy (non-hydrogen) atoms. The second-order valence-electron chi connectivity index (χ2n) is 7.39. The Balaban J connectivity index is 0.000000211. The summed E-state index contributed by atoms with van der Waals surface area (Å²) in [6.45, 7) is 0. The maximum Gasteiger partial charge on any atom is 0.323 e.